The average Bonchev–Trinajstić information content (AvgIpc) is 3.27. The van der Waals surface area contributed by atoms with E-state index in [2.05, 4.69) is 5.32 Å². The summed E-state index contributed by atoms with van der Waals surface area (Å²) in [4.78, 5) is 22.6. The van der Waals surface area contributed by atoms with Gasteiger partial charge in [-0.05, 0) is 36.4 Å². The number of carbonyl (C=O) groups excluding carboxylic acids is 1. The van der Waals surface area contributed by atoms with E-state index in [4.69, 9.17) is 37.7 Å². The van der Waals surface area contributed by atoms with Crippen molar-refractivity contribution in [2.75, 3.05) is 11.9 Å². The highest BCUT2D eigenvalue weighted by molar-refractivity contribution is 6.42. The lowest BCUT2D eigenvalue weighted by Gasteiger charge is -2.15. The van der Waals surface area contributed by atoms with Gasteiger partial charge in [0.15, 0.2) is 11.6 Å². The van der Waals surface area contributed by atoms with Crippen molar-refractivity contribution in [3.05, 3.63) is 87.7 Å². The first-order valence-electron chi connectivity index (χ1n) is 9.12. The Morgan fingerprint density at radius 2 is 1.87 bits per heavy atom. The smallest absolute Gasteiger partial charge is 0.255 e. The minimum absolute atomic E-state index is 0.0221. The Morgan fingerprint density at radius 3 is 2.60 bits per heavy atom. The van der Waals surface area contributed by atoms with Crippen LogP contribution in [-0.2, 0) is 9.78 Å². The van der Waals surface area contributed by atoms with E-state index in [1.54, 1.807) is 18.2 Å². The molecule has 5 nitrogen and oxygen atoms in total. The second kappa shape index (κ2) is 9.02. The number of ether oxygens (including phenoxy) is 1. The molecule has 1 unspecified atom stereocenters. The second-order valence-corrected chi connectivity index (χ2v) is 7.38. The summed E-state index contributed by atoms with van der Waals surface area (Å²) in [7, 11) is 0. The fraction of sp³-hybridized carbons (Fsp3) is 0.136. The summed E-state index contributed by atoms with van der Waals surface area (Å²) in [6, 6.07) is 15.9. The van der Waals surface area contributed by atoms with E-state index in [0.29, 0.717) is 29.4 Å². The van der Waals surface area contributed by atoms with Gasteiger partial charge in [-0.1, -0.05) is 41.4 Å². The standard InChI is InChI=1S/C22H16Cl2FNO4/c23-16-7-5-13(11-17(16)24)22(27)26-14-6-8-21(18(25)12-14)29-19-4-2-1-3-15(19)20-9-10-28-30-20/h1-8,11-12,20H,9-10H2,(H,26,27). The van der Waals surface area contributed by atoms with Gasteiger partial charge >= 0.3 is 0 Å². The van der Waals surface area contributed by atoms with Crippen LogP contribution >= 0.6 is 23.2 Å². The molecule has 3 aromatic carbocycles. The van der Waals surface area contributed by atoms with Crippen LogP contribution < -0.4 is 10.1 Å². The largest absolute Gasteiger partial charge is 0.454 e. The summed E-state index contributed by atoms with van der Waals surface area (Å²) in [5, 5.41) is 3.22. The number of hydrogen-bond acceptors (Lipinski definition) is 4. The SMILES string of the molecule is O=C(Nc1ccc(Oc2ccccc2C2CCOO2)c(F)c1)c1ccc(Cl)c(Cl)c1. The first-order chi connectivity index (χ1) is 14.5. The molecule has 1 saturated heterocycles. The van der Waals surface area contributed by atoms with Crippen LogP contribution in [0.2, 0.25) is 10.0 Å². The molecule has 30 heavy (non-hydrogen) atoms. The molecule has 0 aliphatic carbocycles. The Hall–Kier alpha value is -2.64. The van der Waals surface area contributed by atoms with Crippen LogP contribution in [0, 0.1) is 5.82 Å². The van der Waals surface area contributed by atoms with Gasteiger partial charge in [-0.15, -0.1) is 0 Å². The highest BCUT2D eigenvalue weighted by Gasteiger charge is 2.23. The van der Waals surface area contributed by atoms with Crippen LogP contribution in [0.5, 0.6) is 11.5 Å². The molecule has 1 fully saturated rings. The summed E-state index contributed by atoms with van der Waals surface area (Å²) >= 11 is 11.8. The summed E-state index contributed by atoms with van der Waals surface area (Å²) in [5.74, 6) is -0.570. The Labute approximate surface area is 182 Å². The normalized spacial score (nSPS) is 15.8. The first-order valence-corrected chi connectivity index (χ1v) is 9.88. The lowest BCUT2D eigenvalue weighted by atomic mass is 10.1. The van der Waals surface area contributed by atoms with Crippen molar-refractivity contribution in [2.24, 2.45) is 0 Å². The summed E-state index contributed by atoms with van der Waals surface area (Å²) < 4.78 is 20.4. The van der Waals surface area contributed by atoms with Crippen LogP contribution in [0.1, 0.15) is 28.4 Å². The number of halogens is 3. The minimum Gasteiger partial charge on any atom is -0.454 e. The first kappa shape index (κ1) is 20.6. The van der Waals surface area contributed by atoms with E-state index in [0.717, 1.165) is 5.56 Å². The number of amides is 1. The van der Waals surface area contributed by atoms with Gasteiger partial charge in [0.05, 0.1) is 16.7 Å². The molecule has 0 bridgehead atoms. The van der Waals surface area contributed by atoms with Crippen LogP contribution in [0.3, 0.4) is 0 Å². The average molecular weight is 448 g/mol. The molecule has 1 heterocycles. The number of rotatable bonds is 5. The number of carbonyl (C=O) groups is 1. The molecule has 1 aliphatic rings. The third kappa shape index (κ3) is 4.57. The van der Waals surface area contributed by atoms with Crippen molar-refractivity contribution in [2.45, 2.75) is 12.5 Å². The molecule has 1 N–H and O–H groups in total. The Balaban J connectivity index is 1.50. The Bertz CT molecular complexity index is 1090. The van der Waals surface area contributed by atoms with E-state index >= 15 is 0 Å². The van der Waals surface area contributed by atoms with Crippen molar-refractivity contribution in [3.8, 4) is 11.5 Å². The summed E-state index contributed by atoms with van der Waals surface area (Å²) in [6.07, 6.45) is 0.414. The van der Waals surface area contributed by atoms with Crippen LogP contribution in [0.15, 0.2) is 60.7 Å². The Kier molecular flexibility index (Phi) is 6.20. The molecule has 8 heteroatoms. The molecular weight excluding hydrogens is 432 g/mol. The lowest BCUT2D eigenvalue weighted by molar-refractivity contribution is -0.276. The number of anilines is 1. The van der Waals surface area contributed by atoms with Crippen LogP contribution in [-0.4, -0.2) is 12.5 Å². The molecule has 0 aromatic heterocycles. The predicted molar refractivity (Wildman–Crippen MR) is 112 cm³/mol. The highest BCUT2D eigenvalue weighted by atomic mass is 35.5. The fourth-order valence-corrected chi connectivity index (χ4v) is 3.30. The molecule has 0 saturated carbocycles. The maximum absolute atomic E-state index is 14.6. The topological polar surface area (TPSA) is 56.8 Å². The van der Waals surface area contributed by atoms with Crippen molar-refractivity contribution >= 4 is 34.8 Å². The van der Waals surface area contributed by atoms with Gasteiger partial charge in [0, 0.05) is 29.3 Å². The van der Waals surface area contributed by atoms with Crippen LogP contribution in [0.4, 0.5) is 10.1 Å². The maximum atomic E-state index is 14.6. The van der Waals surface area contributed by atoms with Gasteiger partial charge < -0.3 is 10.1 Å². The molecule has 154 valence electrons. The van der Waals surface area contributed by atoms with Crippen molar-refractivity contribution in [1.29, 1.82) is 0 Å². The molecule has 1 amide bonds. The number of para-hydroxylation sites is 1. The fourth-order valence-electron chi connectivity index (χ4n) is 3.00. The van der Waals surface area contributed by atoms with Crippen molar-refractivity contribution in [1.82, 2.24) is 0 Å². The maximum Gasteiger partial charge on any atom is 0.255 e. The number of hydrogen-bond donors (Lipinski definition) is 1. The van der Waals surface area contributed by atoms with Gasteiger partial charge in [0.2, 0.25) is 0 Å². The van der Waals surface area contributed by atoms with E-state index in [9.17, 15) is 9.18 Å². The zero-order valence-corrected chi connectivity index (χ0v) is 17.0. The van der Waals surface area contributed by atoms with Gasteiger partial charge in [0.1, 0.15) is 11.9 Å². The predicted octanol–water partition coefficient (Wildman–Crippen LogP) is 6.57. The van der Waals surface area contributed by atoms with Crippen LogP contribution in [0.25, 0.3) is 0 Å². The highest BCUT2D eigenvalue weighted by Crippen LogP contribution is 2.36. The van der Waals surface area contributed by atoms with Crippen molar-refractivity contribution < 1.29 is 23.7 Å². The molecule has 1 atom stereocenters. The third-order valence-corrected chi connectivity index (χ3v) is 5.24. The third-order valence-electron chi connectivity index (χ3n) is 4.50. The lowest BCUT2D eigenvalue weighted by Crippen LogP contribution is -2.12. The zero-order valence-electron chi connectivity index (χ0n) is 15.5. The van der Waals surface area contributed by atoms with E-state index in [1.807, 2.05) is 12.1 Å². The zero-order chi connectivity index (χ0) is 21.1. The number of nitrogens with one attached hydrogen (secondary N) is 1. The molecule has 0 radical (unpaired) electrons. The van der Waals surface area contributed by atoms with Gasteiger partial charge in [0.25, 0.3) is 5.91 Å². The molecule has 0 spiro atoms. The van der Waals surface area contributed by atoms with E-state index in [1.165, 1.54) is 30.3 Å². The number of benzene rings is 3. The van der Waals surface area contributed by atoms with E-state index < -0.39 is 11.7 Å². The monoisotopic (exact) mass is 447 g/mol. The second-order valence-electron chi connectivity index (χ2n) is 6.56. The summed E-state index contributed by atoms with van der Waals surface area (Å²) in [5.41, 5.74) is 1.35. The molecule has 3 aromatic rings. The van der Waals surface area contributed by atoms with Gasteiger partial charge in [-0.2, -0.15) is 0 Å². The summed E-state index contributed by atoms with van der Waals surface area (Å²) in [6.45, 7) is 0.487. The molecular formula is C22H16Cl2FNO4. The molecule has 4 rings (SSSR count). The van der Waals surface area contributed by atoms with E-state index in [-0.39, 0.29) is 22.6 Å². The van der Waals surface area contributed by atoms with Crippen molar-refractivity contribution in [3.63, 3.8) is 0 Å². The van der Waals surface area contributed by atoms with Gasteiger partial charge in [-0.25, -0.2) is 14.2 Å². The quantitative estimate of drug-likeness (QED) is 0.449. The Morgan fingerprint density at radius 1 is 1.03 bits per heavy atom. The van der Waals surface area contributed by atoms with Gasteiger partial charge in [-0.3, -0.25) is 4.79 Å². The molecule has 1 aliphatic heterocycles. The minimum atomic E-state index is -0.625.